The van der Waals surface area contributed by atoms with Gasteiger partial charge >= 0.3 is 6.18 Å². The SMILES string of the molecule is CO[C@H]1O[C@@H]2CO[C@@H](c3ccccc3)O[C@H]2C[C@H]1C(F)(F)F. The molecule has 0 spiro atoms. The van der Waals surface area contributed by atoms with Gasteiger partial charge in [0, 0.05) is 12.7 Å². The summed E-state index contributed by atoms with van der Waals surface area (Å²) >= 11 is 0. The van der Waals surface area contributed by atoms with Gasteiger partial charge < -0.3 is 18.9 Å². The molecule has 2 fully saturated rings. The fraction of sp³-hybridized carbons (Fsp3) is 0.600. The van der Waals surface area contributed by atoms with Crippen molar-refractivity contribution >= 4 is 0 Å². The standard InChI is InChI=1S/C15H17F3O4/c1-19-14-10(15(16,17)18)7-11-12(22-14)8-20-13(21-11)9-5-3-2-4-6-9/h2-6,10-14H,7-8H2,1H3/t10-,11+,12-,13-,14+/m1/s1. The predicted molar refractivity (Wildman–Crippen MR) is 69.8 cm³/mol. The lowest BCUT2D eigenvalue weighted by molar-refractivity contribution is -0.356. The van der Waals surface area contributed by atoms with Crippen molar-refractivity contribution in [3.05, 3.63) is 35.9 Å². The minimum Gasteiger partial charge on any atom is -0.355 e. The van der Waals surface area contributed by atoms with Crippen LogP contribution in [0.25, 0.3) is 0 Å². The smallest absolute Gasteiger partial charge is 0.355 e. The molecule has 5 atom stereocenters. The van der Waals surface area contributed by atoms with Gasteiger partial charge in [-0.3, -0.25) is 0 Å². The maximum Gasteiger partial charge on any atom is 0.396 e. The zero-order valence-corrected chi connectivity index (χ0v) is 12.0. The van der Waals surface area contributed by atoms with Crippen LogP contribution in [0.1, 0.15) is 18.3 Å². The molecule has 1 aromatic rings. The highest BCUT2D eigenvalue weighted by molar-refractivity contribution is 5.16. The Kier molecular flexibility index (Phi) is 4.40. The minimum atomic E-state index is -4.39. The molecule has 0 radical (unpaired) electrons. The highest BCUT2D eigenvalue weighted by atomic mass is 19.4. The number of hydrogen-bond acceptors (Lipinski definition) is 4. The zero-order valence-electron chi connectivity index (χ0n) is 12.0. The normalized spacial score (nSPS) is 35.9. The first kappa shape index (κ1) is 15.7. The fourth-order valence-corrected chi connectivity index (χ4v) is 2.83. The first-order valence-electron chi connectivity index (χ1n) is 7.06. The molecule has 0 amide bonds. The lowest BCUT2D eigenvalue weighted by atomic mass is 9.93. The van der Waals surface area contributed by atoms with E-state index < -0.39 is 36.9 Å². The highest BCUT2D eigenvalue weighted by Crippen LogP contribution is 2.42. The van der Waals surface area contributed by atoms with E-state index in [1.54, 1.807) is 0 Å². The van der Waals surface area contributed by atoms with Crippen LogP contribution in [0.4, 0.5) is 13.2 Å². The maximum absolute atomic E-state index is 13.1. The van der Waals surface area contributed by atoms with Crippen LogP contribution in [0, 0.1) is 5.92 Å². The summed E-state index contributed by atoms with van der Waals surface area (Å²) in [6, 6.07) is 9.12. The Morgan fingerprint density at radius 1 is 1.09 bits per heavy atom. The second kappa shape index (κ2) is 6.16. The number of hydrogen-bond donors (Lipinski definition) is 0. The van der Waals surface area contributed by atoms with Gasteiger partial charge in [-0.25, -0.2) is 0 Å². The van der Waals surface area contributed by atoms with E-state index in [1.165, 1.54) is 7.11 Å². The van der Waals surface area contributed by atoms with Crippen LogP contribution in [0.3, 0.4) is 0 Å². The number of alkyl halides is 3. The Morgan fingerprint density at radius 3 is 2.45 bits per heavy atom. The number of fused-ring (bicyclic) bond motifs is 1. The summed E-state index contributed by atoms with van der Waals surface area (Å²) in [5.74, 6) is -1.70. The maximum atomic E-state index is 13.1. The van der Waals surface area contributed by atoms with Gasteiger partial charge in [0.15, 0.2) is 12.6 Å². The second-order valence-electron chi connectivity index (χ2n) is 5.41. The zero-order chi connectivity index (χ0) is 15.7. The van der Waals surface area contributed by atoms with Crippen LogP contribution in [0.2, 0.25) is 0 Å². The van der Waals surface area contributed by atoms with Gasteiger partial charge in [0.1, 0.15) is 12.0 Å². The van der Waals surface area contributed by atoms with Crippen LogP contribution in [-0.2, 0) is 18.9 Å². The number of ether oxygens (including phenoxy) is 4. The first-order chi connectivity index (χ1) is 10.5. The summed E-state index contributed by atoms with van der Waals surface area (Å²) in [4.78, 5) is 0. The van der Waals surface area contributed by atoms with E-state index in [2.05, 4.69) is 0 Å². The Balaban J connectivity index is 1.73. The highest BCUT2D eigenvalue weighted by Gasteiger charge is 2.53. The monoisotopic (exact) mass is 318 g/mol. The average molecular weight is 318 g/mol. The summed E-state index contributed by atoms with van der Waals surface area (Å²) in [5, 5.41) is 0. The summed E-state index contributed by atoms with van der Waals surface area (Å²) in [5.41, 5.74) is 0.776. The van der Waals surface area contributed by atoms with Gasteiger partial charge in [-0.2, -0.15) is 13.2 Å². The van der Waals surface area contributed by atoms with Crippen LogP contribution in [0.15, 0.2) is 30.3 Å². The molecule has 2 aliphatic heterocycles. The predicted octanol–water partition coefficient (Wildman–Crippen LogP) is 3.04. The van der Waals surface area contributed by atoms with Crippen molar-refractivity contribution in [1.82, 2.24) is 0 Å². The molecule has 2 aliphatic rings. The molecular formula is C15H17F3O4. The fourth-order valence-electron chi connectivity index (χ4n) is 2.83. The van der Waals surface area contributed by atoms with Crippen LogP contribution >= 0.6 is 0 Å². The molecule has 2 heterocycles. The molecule has 0 unspecified atom stereocenters. The van der Waals surface area contributed by atoms with Crippen LogP contribution in [-0.4, -0.2) is 38.4 Å². The largest absolute Gasteiger partial charge is 0.396 e. The molecule has 22 heavy (non-hydrogen) atoms. The Morgan fingerprint density at radius 2 is 1.82 bits per heavy atom. The number of benzene rings is 1. The van der Waals surface area contributed by atoms with Gasteiger partial charge in [-0.1, -0.05) is 30.3 Å². The molecule has 0 bridgehead atoms. The second-order valence-corrected chi connectivity index (χ2v) is 5.41. The van der Waals surface area contributed by atoms with Gasteiger partial charge in [0.2, 0.25) is 0 Å². The van der Waals surface area contributed by atoms with Crippen molar-refractivity contribution in [2.24, 2.45) is 5.92 Å². The molecule has 0 N–H and O–H groups in total. The van der Waals surface area contributed by atoms with Crippen molar-refractivity contribution in [2.75, 3.05) is 13.7 Å². The van der Waals surface area contributed by atoms with Crippen LogP contribution in [0.5, 0.6) is 0 Å². The van der Waals surface area contributed by atoms with E-state index in [9.17, 15) is 13.2 Å². The van der Waals surface area contributed by atoms with E-state index in [0.717, 1.165) is 5.56 Å². The quantitative estimate of drug-likeness (QED) is 0.840. The van der Waals surface area contributed by atoms with Gasteiger partial charge in [0.05, 0.1) is 12.7 Å². The van der Waals surface area contributed by atoms with Crippen molar-refractivity contribution in [3.8, 4) is 0 Å². The van der Waals surface area contributed by atoms with Gasteiger partial charge in [-0.05, 0) is 6.42 Å². The van der Waals surface area contributed by atoms with Gasteiger partial charge in [0.25, 0.3) is 0 Å². The van der Waals surface area contributed by atoms with Crippen LogP contribution < -0.4 is 0 Å². The molecule has 0 saturated carbocycles. The summed E-state index contributed by atoms with van der Waals surface area (Å²) in [6.45, 7) is 0.175. The number of methoxy groups -OCH3 is 1. The molecule has 2 saturated heterocycles. The molecule has 1 aromatic carbocycles. The Bertz CT molecular complexity index is 493. The van der Waals surface area contributed by atoms with Crippen molar-refractivity contribution in [3.63, 3.8) is 0 Å². The number of halogens is 3. The molecule has 0 aliphatic carbocycles. The first-order valence-corrected chi connectivity index (χ1v) is 7.06. The lowest BCUT2D eigenvalue weighted by Gasteiger charge is -2.45. The van der Waals surface area contributed by atoms with E-state index in [4.69, 9.17) is 18.9 Å². The van der Waals surface area contributed by atoms with E-state index >= 15 is 0 Å². The van der Waals surface area contributed by atoms with E-state index in [-0.39, 0.29) is 13.0 Å². The summed E-state index contributed by atoms with van der Waals surface area (Å²) in [6.07, 6.45) is -7.80. The summed E-state index contributed by atoms with van der Waals surface area (Å²) in [7, 11) is 1.21. The molecule has 3 rings (SSSR count). The van der Waals surface area contributed by atoms with Gasteiger partial charge in [-0.15, -0.1) is 0 Å². The third-order valence-corrected chi connectivity index (χ3v) is 3.97. The molecule has 4 nitrogen and oxygen atoms in total. The molecular weight excluding hydrogens is 301 g/mol. The molecule has 122 valence electrons. The van der Waals surface area contributed by atoms with Crippen molar-refractivity contribution in [1.29, 1.82) is 0 Å². The lowest BCUT2D eigenvalue weighted by Crippen LogP contribution is -2.54. The Hall–Kier alpha value is -1.15. The van der Waals surface area contributed by atoms with E-state index in [0.29, 0.717) is 0 Å². The molecule has 0 aromatic heterocycles. The summed E-state index contributed by atoms with van der Waals surface area (Å²) < 4.78 is 60.8. The third-order valence-electron chi connectivity index (χ3n) is 3.97. The number of rotatable bonds is 2. The third kappa shape index (κ3) is 3.12. The van der Waals surface area contributed by atoms with Crippen molar-refractivity contribution in [2.45, 2.75) is 37.4 Å². The average Bonchev–Trinajstić information content (AvgIpc) is 2.53. The topological polar surface area (TPSA) is 36.9 Å². The minimum absolute atomic E-state index is 0.175. The molecule has 7 heteroatoms. The Labute approximate surface area is 126 Å². The van der Waals surface area contributed by atoms with E-state index in [1.807, 2.05) is 30.3 Å². The van der Waals surface area contributed by atoms with Crippen molar-refractivity contribution < 1.29 is 32.1 Å².